The molecule has 0 aliphatic carbocycles. The van der Waals surface area contributed by atoms with Crippen molar-refractivity contribution in [3.8, 4) is 0 Å². The summed E-state index contributed by atoms with van der Waals surface area (Å²) in [5.74, 6) is 2.19. The van der Waals surface area contributed by atoms with Gasteiger partial charge in [0, 0.05) is 24.8 Å². The van der Waals surface area contributed by atoms with Gasteiger partial charge in [0.25, 0.3) is 0 Å². The molecule has 0 bridgehead atoms. The van der Waals surface area contributed by atoms with Crippen molar-refractivity contribution in [1.82, 2.24) is 4.90 Å². The molecular formula is C16H18N2O3S. The number of rotatable bonds is 2. The summed E-state index contributed by atoms with van der Waals surface area (Å²) in [6, 6.07) is 6.61. The summed E-state index contributed by atoms with van der Waals surface area (Å²) in [5, 5.41) is 3.33. The van der Waals surface area contributed by atoms with Crippen molar-refractivity contribution in [1.29, 1.82) is 0 Å². The van der Waals surface area contributed by atoms with Gasteiger partial charge in [0.2, 0.25) is 0 Å². The molecule has 2 amide bonds. The second-order valence-electron chi connectivity index (χ2n) is 5.38. The predicted molar refractivity (Wildman–Crippen MR) is 89.6 cm³/mol. The van der Waals surface area contributed by atoms with Gasteiger partial charge in [-0.15, -0.1) is 0 Å². The maximum absolute atomic E-state index is 12.3. The molecule has 0 spiro atoms. The first-order chi connectivity index (χ1) is 10.6. The number of benzene rings is 1. The monoisotopic (exact) mass is 318 g/mol. The number of nitrogens with one attached hydrogen (secondary N) is 1. The van der Waals surface area contributed by atoms with Gasteiger partial charge in [0.05, 0.1) is 11.6 Å². The third-order valence-corrected chi connectivity index (χ3v) is 5.02. The largest absolute Gasteiger partial charge is 0.464 e. The second-order valence-corrected chi connectivity index (χ2v) is 6.61. The summed E-state index contributed by atoms with van der Waals surface area (Å²) >= 11 is 1.93. The fourth-order valence-corrected chi connectivity index (χ4v) is 3.69. The van der Waals surface area contributed by atoms with Gasteiger partial charge in [0.15, 0.2) is 5.43 Å². The summed E-state index contributed by atoms with van der Waals surface area (Å²) in [7, 11) is 1.82. The summed E-state index contributed by atoms with van der Waals surface area (Å²) in [5.41, 5.74) is 1.01. The zero-order valence-corrected chi connectivity index (χ0v) is 13.2. The summed E-state index contributed by atoms with van der Waals surface area (Å²) in [6.45, 7) is 0. The quantitative estimate of drug-likeness (QED) is 0.924. The Morgan fingerprint density at radius 1 is 1.32 bits per heavy atom. The van der Waals surface area contributed by atoms with Crippen LogP contribution in [0, 0.1) is 0 Å². The van der Waals surface area contributed by atoms with Crippen molar-refractivity contribution < 1.29 is 9.21 Å². The first-order valence-corrected chi connectivity index (χ1v) is 8.44. The first kappa shape index (κ1) is 15.0. The van der Waals surface area contributed by atoms with Crippen LogP contribution in [0.1, 0.15) is 12.8 Å². The van der Waals surface area contributed by atoms with E-state index in [2.05, 4.69) is 5.32 Å². The molecule has 0 saturated carbocycles. The minimum Gasteiger partial charge on any atom is -0.464 e. The molecule has 1 fully saturated rings. The Morgan fingerprint density at radius 2 is 2.09 bits per heavy atom. The number of fused-ring (bicyclic) bond motifs is 1. The lowest BCUT2D eigenvalue weighted by molar-refractivity contribution is 0.200. The second kappa shape index (κ2) is 6.44. The average molecular weight is 318 g/mol. The van der Waals surface area contributed by atoms with E-state index >= 15 is 0 Å². The normalized spacial score (nSPS) is 15.7. The number of hydrogen-bond acceptors (Lipinski definition) is 4. The van der Waals surface area contributed by atoms with Gasteiger partial charge in [-0.3, -0.25) is 4.79 Å². The molecule has 1 aromatic carbocycles. The van der Waals surface area contributed by atoms with Crippen LogP contribution < -0.4 is 10.7 Å². The average Bonchev–Trinajstić information content (AvgIpc) is 2.55. The molecule has 116 valence electrons. The van der Waals surface area contributed by atoms with Gasteiger partial charge in [-0.25, -0.2) is 4.79 Å². The van der Waals surface area contributed by atoms with Crippen LogP contribution in [0.25, 0.3) is 11.0 Å². The maximum atomic E-state index is 12.3. The first-order valence-electron chi connectivity index (χ1n) is 7.28. The molecule has 1 aromatic heterocycles. The Morgan fingerprint density at radius 3 is 2.86 bits per heavy atom. The lowest BCUT2D eigenvalue weighted by atomic mass is 10.1. The highest BCUT2D eigenvalue weighted by atomic mass is 32.2. The lowest BCUT2D eigenvalue weighted by Gasteiger charge is -2.31. The van der Waals surface area contributed by atoms with E-state index in [1.165, 1.54) is 12.3 Å². The SMILES string of the molecule is CN(C(=O)Nc1ccc2occc(=O)c2c1)C1CCSCC1. The lowest BCUT2D eigenvalue weighted by Crippen LogP contribution is -2.41. The number of anilines is 1. The van der Waals surface area contributed by atoms with Crippen molar-refractivity contribution in [2.45, 2.75) is 18.9 Å². The number of thioether (sulfide) groups is 1. The van der Waals surface area contributed by atoms with Crippen LogP contribution in [0.4, 0.5) is 10.5 Å². The Kier molecular flexibility index (Phi) is 4.38. The van der Waals surface area contributed by atoms with Crippen LogP contribution in [-0.4, -0.2) is 35.5 Å². The maximum Gasteiger partial charge on any atom is 0.321 e. The standard InChI is InChI=1S/C16H18N2O3S/c1-18(12-5-8-22-9-6-12)16(20)17-11-2-3-15-13(10-11)14(19)4-7-21-15/h2-4,7,10,12H,5-6,8-9H2,1H3,(H,17,20). The van der Waals surface area contributed by atoms with E-state index < -0.39 is 0 Å². The van der Waals surface area contributed by atoms with Crippen LogP contribution in [0.2, 0.25) is 0 Å². The number of carbonyl (C=O) groups is 1. The molecule has 2 aromatic rings. The van der Waals surface area contributed by atoms with Crippen molar-refractivity contribution >= 4 is 34.4 Å². The molecule has 5 nitrogen and oxygen atoms in total. The number of urea groups is 1. The smallest absolute Gasteiger partial charge is 0.321 e. The Labute approximate surface area is 132 Å². The predicted octanol–water partition coefficient (Wildman–Crippen LogP) is 3.15. The molecule has 0 atom stereocenters. The molecule has 1 N–H and O–H groups in total. The highest BCUT2D eigenvalue weighted by molar-refractivity contribution is 7.99. The molecule has 1 aliphatic heterocycles. The molecule has 2 heterocycles. The van der Waals surface area contributed by atoms with Crippen LogP contribution in [0.5, 0.6) is 0 Å². The molecular weight excluding hydrogens is 300 g/mol. The van der Waals surface area contributed by atoms with Crippen molar-refractivity contribution in [2.24, 2.45) is 0 Å². The molecule has 22 heavy (non-hydrogen) atoms. The van der Waals surface area contributed by atoms with Crippen molar-refractivity contribution in [2.75, 3.05) is 23.9 Å². The molecule has 0 radical (unpaired) electrons. The van der Waals surface area contributed by atoms with Crippen molar-refractivity contribution in [3.05, 3.63) is 40.8 Å². The number of hydrogen-bond donors (Lipinski definition) is 1. The van der Waals surface area contributed by atoms with Crippen LogP contribution in [0.15, 0.2) is 39.7 Å². The minimum atomic E-state index is -0.142. The third-order valence-electron chi connectivity index (χ3n) is 3.97. The number of carbonyl (C=O) groups excluding carboxylic acids is 1. The van der Waals surface area contributed by atoms with Gasteiger partial charge in [0.1, 0.15) is 5.58 Å². The van der Waals surface area contributed by atoms with Gasteiger partial charge < -0.3 is 14.6 Å². The third kappa shape index (κ3) is 3.11. The fourth-order valence-electron chi connectivity index (χ4n) is 2.61. The van der Waals surface area contributed by atoms with E-state index in [0.29, 0.717) is 16.7 Å². The Balaban J connectivity index is 1.76. The highest BCUT2D eigenvalue weighted by Gasteiger charge is 2.22. The van der Waals surface area contributed by atoms with E-state index in [0.717, 1.165) is 24.3 Å². The van der Waals surface area contributed by atoms with E-state index in [-0.39, 0.29) is 17.5 Å². The zero-order chi connectivity index (χ0) is 15.5. The number of nitrogens with zero attached hydrogens (tertiary/aromatic N) is 1. The summed E-state index contributed by atoms with van der Waals surface area (Å²) in [4.78, 5) is 25.9. The van der Waals surface area contributed by atoms with Crippen LogP contribution in [-0.2, 0) is 0 Å². The number of amides is 2. The molecule has 6 heteroatoms. The minimum absolute atomic E-state index is 0.116. The highest BCUT2D eigenvalue weighted by Crippen LogP contribution is 2.22. The zero-order valence-electron chi connectivity index (χ0n) is 12.4. The Bertz CT molecular complexity index is 737. The van der Waals surface area contributed by atoms with E-state index in [9.17, 15) is 9.59 Å². The molecule has 1 saturated heterocycles. The van der Waals surface area contributed by atoms with Gasteiger partial charge in [-0.2, -0.15) is 11.8 Å². The van der Waals surface area contributed by atoms with Crippen molar-refractivity contribution in [3.63, 3.8) is 0 Å². The fraction of sp³-hybridized carbons (Fsp3) is 0.375. The van der Waals surface area contributed by atoms with E-state index in [1.807, 2.05) is 18.8 Å². The molecule has 0 unspecified atom stereocenters. The van der Waals surface area contributed by atoms with Gasteiger partial charge >= 0.3 is 6.03 Å². The van der Waals surface area contributed by atoms with Crippen LogP contribution >= 0.6 is 11.8 Å². The van der Waals surface area contributed by atoms with Gasteiger partial charge in [-0.05, 0) is 42.5 Å². The van der Waals surface area contributed by atoms with Crippen LogP contribution in [0.3, 0.4) is 0 Å². The van der Waals surface area contributed by atoms with E-state index in [4.69, 9.17) is 4.42 Å². The molecule has 1 aliphatic rings. The molecule has 3 rings (SSSR count). The summed E-state index contributed by atoms with van der Waals surface area (Å²) in [6.07, 6.45) is 3.42. The topological polar surface area (TPSA) is 62.6 Å². The van der Waals surface area contributed by atoms with Gasteiger partial charge in [-0.1, -0.05) is 0 Å². The summed E-state index contributed by atoms with van der Waals surface area (Å²) < 4.78 is 5.27. The van der Waals surface area contributed by atoms with E-state index in [1.54, 1.807) is 23.1 Å². The Hall–Kier alpha value is -1.95.